The lowest BCUT2D eigenvalue weighted by atomic mass is 10.0. The van der Waals surface area contributed by atoms with Gasteiger partial charge in [0, 0.05) is 18.6 Å². The predicted octanol–water partition coefficient (Wildman–Crippen LogP) is 1.65. The summed E-state index contributed by atoms with van der Waals surface area (Å²) in [4.78, 5) is 11.4. The summed E-state index contributed by atoms with van der Waals surface area (Å²) in [6, 6.07) is 0.762. The van der Waals surface area contributed by atoms with Crippen molar-refractivity contribution < 1.29 is 9.53 Å². The van der Waals surface area contributed by atoms with Gasteiger partial charge in [-0.3, -0.25) is 0 Å². The van der Waals surface area contributed by atoms with Gasteiger partial charge in [0.2, 0.25) is 0 Å². The number of hydrogen-bond donors (Lipinski definition) is 2. The number of piperidine rings is 1. The number of hydrogen-bond acceptors (Lipinski definition) is 3. The van der Waals surface area contributed by atoms with Crippen LogP contribution in [0.2, 0.25) is 0 Å². The second kappa shape index (κ2) is 4.84. The van der Waals surface area contributed by atoms with Crippen LogP contribution < -0.4 is 10.6 Å². The van der Waals surface area contributed by atoms with Crippen LogP contribution in [-0.2, 0) is 4.74 Å². The average molecular weight is 214 g/mol. The largest absolute Gasteiger partial charge is 0.444 e. The van der Waals surface area contributed by atoms with Crippen molar-refractivity contribution in [1.82, 2.24) is 10.6 Å². The van der Waals surface area contributed by atoms with Crippen molar-refractivity contribution in [3.8, 4) is 0 Å². The zero-order valence-corrected chi connectivity index (χ0v) is 10.1. The third-order valence-corrected chi connectivity index (χ3v) is 2.38. The van der Waals surface area contributed by atoms with Crippen LogP contribution in [0.1, 0.15) is 40.5 Å². The molecule has 0 spiro atoms. The van der Waals surface area contributed by atoms with Crippen molar-refractivity contribution in [1.29, 1.82) is 0 Å². The maximum Gasteiger partial charge on any atom is 0.407 e. The monoisotopic (exact) mass is 214 g/mol. The number of carbonyl (C=O) groups excluding carboxylic acids is 1. The average Bonchev–Trinajstić information content (AvgIpc) is 2.05. The van der Waals surface area contributed by atoms with Crippen LogP contribution in [-0.4, -0.2) is 30.3 Å². The Labute approximate surface area is 91.8 Å². The second-order valence-electron chi connectivity index (χ2n) is 5.23. The first-order chi connectivity index (χ1) is 6.87. The SMILES string of the molecule is C[C@@H]1CC[C@@H](NC(=O)OC(C)(C)C)CN1. The number of ether oxygens (including phenoxy) is 1. The fourth-order valence-corrected chi connectivity index (χ4v) is 1.60. The zero-order chi connectivity index (χ0) is 11.5. The van der Waals surface area contributed by atoms with Crippen LogP contribution in [0.5, 0.6) is 0 Å². The lowest BCUT2D eigenvalue weighted by molar-refractivity contribution is 0.0494. The Kier molecular flexibility index (Phi) is 3.97. The summed E-state index contributed by atoms with van der Waals surface area (Å²) in [7, 11) is 0. The molecule has 1 aliphatic rings. The van der Waals surface area contributed by atoms with Crippen LogP contribution >= 0.6 is 0 Å². The highest BCUT2D eigenvalue weighted by molar-refractivity contribution is 5.68. The van der Waals surface area contributed by atoms with Crippen molar-refractivity contribution in [2.24, 2.45) is 0 Å². The lowest BCUT2D eigenvalue weighted by Gasteiger charge is -2.29. The molecule has 0 aromatic heterocycles. The summed E-state index contributed by atoms with van der Waals surface area (Å²) in [5.74, 6) is 0. The number of nitrogens with one attached hydrogen (secondary N) is 2. The van der Waals surface area contributed by atoms with Crippen molar-refractivity contribution in [3.63, 3.8) is 0 Å². The van der Waals surface area contributed by atoms with E-state index in [0.29, 0.717) is 6.04 Å². The Balaban J connectivity index is 2.27. The van der Waals surface area contributed by atoms with Crippen molar-refractivity contribution >= 4 is 6.09 Å². The first-order valence-electron chi connectivity index (χ1n) is 5.60. The normalized spacial score (nSPS) is 27.2. The highest BCUT2D eigenvalue weighted by Crippen LogP contribution is 2.10. The van der Waals surface area contributed by atoms with Gasteiger partial charge in [-0.25, -0.2) is 4.79 Å². The fourth-order valence-electron chi connectivity index (χ4n) is 1.60. The Morgan fingerprint density at radius 2 is 2.07 bits per heavy atom. The van der Waals surface area contributed by atoms with E-state index in [0.717, 1.165) is 19.4 Å². The molecule has 1 saturated heterocycles. The summed E-state index contributed by atoms with van der Waals surface area (Å²) < 4.78 is 5.19. The van der Waals surface area contributed by atoms with Gasteiger partial charge in [0.25, 0.3) is 0 Å². The van der Waals surface area contributed by atoms with Crippen molar-refractivity contribution in [2.45, 2.75) is 58.2 Å². The molecule has 0 bridgehead atoms. The van der Waals surface area contributed by atoms with Crippen LogP contribution in [0.4, 0.5) is 4.79 Å². The van der Waals surface area contributed by atoms with Crippen molar-refractivity contribution in [2.75, 3.05) is 6.54 Å². The van der Waals surface area contributed by atoms with E-state index in [1.807, 2.05) is 20.8 Å². The molecular formula is C11H22N2O2. The molecule has 4 heteroatoms. The van der Waals surface area contributed by atoms with E-state index in [-0.39, 0.29) is 12.1 Å². The van der Waals surface area contributed by atoms with Gasteiger partial charge >= 0.3 is 6.09 Å². The predicted molar refractivity (Wildman–Crippen MR) is 59.9 cm³/mol. The number of alkyl carbamates (subject to hydrolysis) is 1. The van der Waals surface area contributed by atoms with Gasteiger partial charge in [0.1, 0.15) is 5.60 Å². The molecule has 88 valence electrons. The van der Waals surface area contributed by atoms with Gasteiger partial charge in [-0.1, -0.05) is 0 Å². The molecule has 15 heavy (non-hydrogen) atoms. The summed E-state index contributed by atoms with van der Waals surface area (Å²) in [5, 5.41) is 6.20. The molecule has 0 aromatic carbocycles. The van der Waals surface area contributed by atoms with E-state index in [1.165, 1.54) is 0 Å². The van der Waals surface area contributed by atoms with Gasteiger partial charge in [-0.15, -0.1) is 0 Å². The molecule has 1 aliphatic heterocycles. The van der Waals surface area contributed by atoms with Gasteiger partial charge < -0.3 is 15.4 Å². The van der Waals surface area contributed by atoms with Crippen molar-refractivity contribution in [3.05, 3.63) is 0 Å². The minimum absolute atomic E-state index is 0.205. The number of carbonyl (C=O) groups is 1. The Morgan fingerprint density at radius 1 is 1.40 bits per heavy atom. The number of amides is 1. The molecule has 0 aromatic rings. The molecule has 0 aliphatic carbocycles. The molecule has 0 saturated carbocycles. The van der Waals surface area contributed by atoms with Crippen LogP contribution in [0.15, 0.2) is 0 Å². The van der Waals surface area contributed by atoms with E-state index < -0.39 is 5.60 Å². The molecule has 1 amide bonds. The molecule has 0 unspecified atom stereocenters. The Bertz CT molecular complexity index is 215. The van der Waals surface area contributed by atoms with Gasteiger partial charge in [0.05, 0.1) is 0 Å². The molecule has 0 radical (unpaired) electrons. The minimum Gasteiger partial charge on any atom is -0.444 e. The van der Waals surface area contributed by atoms with Crippen LogP contribution in [0, 0.1) is 0 Å². The summed E-state index contributed by atoms with van der Waals surface area (Å²) in [5.41, 5.74) is -0.417. The fraction of sp³-hybridized carbons (Fsp3) is 0.909. The number of rotatable bonds is 1. The Morgan fingerprint density at radius 3 is 2.53 bits per heavy atom. The smallest absolute Gasteiger partial charge is 0.407 e. The maximum atomic E-state index is 11.4. The highest BCUT2D eigenvalue weighted by Gasteiger charge is 2.22. The molecule has 1 heterocycles. The maximum absolute atomic E-state index is 11.4. The second-order valence-corrected chi connectivity index (χ2v) is 5.23. The quantitative estimate of drug-likeness (QED) is 0.698. The van der Waals surface area contributed by atoms with E-state index in [9.17, 15) is 4.79 Å². The van der Waals surface area contributed by atoms with Crippen LogP contribution in [0.3, 0.4) is 0 Å². The Hall–Kier alpha value is -0.770. The molecule has 4 nitrogen and oxygen atoms in total. The van der Waals surface area contributed by atoms with Gasteiger partial charge in [0.15, 0.2) is 0 Å². The molecule has 1 fully saturated rings. The van der Waals surface area contributed by atoms with E-state index >= 15 is 0 Å². The first-order valence-corrected chi connectivity index (χ1v) is 5.60. The highest BCUT2D eigenvalue weighted by atomic mass is 16.6. The van der Waals surface area contributed by atoms with E-state index in [4.69, 9.17) is 4.74 Å². The lowest BCUT2D eigenvalue weighted by Crippen LogP contribution is -2.49. The van der Waals surface area contributed by atoms with E-state index in [2.05, 4.69) is 17.6 Å². The molecule has 2 N–H and O–H groups in total. The third kappa shape index (κ3) is 5.02. The molecular weight excluding hydrogens is 192 g/mol. The first kappa shape index (κ1) is 12.3. The summed E-state index contributed by atoms with van der Waals surface area (Å²) in [6.45, 7) is 8.60. The van der Waals surface area contributed by atoms with Gasteiger partial charge in [-0.2, -0.15) is 0 Å². The van der Waals surface area contributed by atoms with E-state index in [1.54, 1.807) is 0 Å². The molecule has 1 rings (SSSR count). The zero-order valence-electron chi connectivity index (χ0n) is 10.1. The van der Waals surface area contributed by atoms with Gasteiger partial charge in [-0.05, 0) is 40.5 Å². The molecule has 2 atom stereocenters. The van der Waals surface area contributed by atoms with Crippen LogP contribution in [0.25, 0.3) is 0 Å². The topological polar surface area (TPSA) is 50.4 Å². The minimum atomic E-state index is -0.417. The third-order valence-electron chi connectivity index (χ3n) is 2.38. The summed E-state index contributed by atoms with van der Waals surface area (Å²) >= 11 is 0. The summed E-state index contributed by atoms with van der Waals surface area (Å²) in [6.07, 6.45) is 1.80. The standard InChI is InChI=1S/C11H22N2O2/c1-8-5-6-9(7-12-8)13-10(14)15-11(2,3)4/h8-9,12H,5-7H2,1-4H3,(H,13,14)/t8-,9-/m1/s1.